The maximum absolute atomic E-state index is 12.3. The highest BCUT2D eigenvalue weighted by Gasteiger charge is 2.27. The first-order valence-electron chi connectivity index (χ1n) is 8.67. The second kappa shape index (κ2) is 8.20. The fourth-order valence-corrected chi connectivity index (χ4v) is 2.84. The number of benzene rings is 1. The first-order valence-corrected chi connectivity index (χ1v) is 9.05. The van der Waals surface area contributed by atoms with Crippen molar-refractivity contribution >= 4 is 29.0 Å². The van der Waals surface area contributed by atoms with Gasteiger partial charge in [0.25, 0.3) is 0 Å². The molecule has 2 aromatic heterocycles. The van der Waals surface area contributed by atoms with Gasteiger partial charge in [-0.05, 0) is 32.0 Å². The van der Waals surface area contributed by atoms with Crippen molar-refractivity contribution in [3.05, 3.63) is 47.7 Å². The van der Waals surface area contributed by atoms with E-state index in [2.05, 4.69) is 10.3 Å². The smallest absolute Gasteiger partial charge is 0.405 e. The third kappa shape index (κ3) is 5.54. The number of ether oxygens (including phenoxy) is 1. The van der Waals surface area contributed by atoms with Crippen LogP contribution < -0.4 is 15.4 Å². The van der Waals surface area contributed by atoms with Crippen LogP contribution in [-0.2, 0) is 0 Å². The van der Waals surface area contributed by atoms with Crippen molar-refractivity contribution in [1.29, 1.82) is 0 Å². The number of nitrogens with zero attached hydrogens (tertiary/aromatic N) is 2. The molecule has 2 amide bonds. The van der Waals surface area contributed by atoms with E-state index in [0.29, 0.717) is 27.7 Å². The van der Waals surface area contributed by atoms with Crippen LogP contribution in [0.5, 0.6) is 5.75 Å². The Balaban J connectivity index is 1.94. The number of amides is 2. The van der Waals surface area contributed by atoms with Crippen LogP contribution in [-0.4, -0.2) is 34.2 Å². The number of halogens is 4. The van der Waals surface area contributed by atoms with E-state index in [-0.39, 0.29) is 11.8 Å². The summed E-state index contributed by atoms with van der Waals surface area (Å²) in [4.78, 5) is 16.2. The second-order valence-electron chi connectivity index (χ2n) is 6.55. The van der Waals surface area contributed by atoms with Crippen molar-refractivity contribution in [1.82, 2.24) is 14.7 Å². The maximum atomic E-state index is 12.3. The summed E-state index contributed by atoms with van der Waals surface area (Å²) in [6.45, 7) is 2.25. The molecule has 6 nitrogen and oxygen atoms in total. The Bertz CT molecular complexity index is 1030. The van der Waals surface area contributed by atoms with E-state index in [1.807, 2.05) is 13.8 Å². The van der Waals surface area contributed by atoms with Gasteiger partial charge in [-0.15, -0.1) is 0 Å². The molecule has 154 valence electrons. The molecule has 0 bridgehead atoms. The third-order valence-electron chi connectivity index (χ3n) is 3.76. The van der Waals surface area contributed by atoms with Gasteiger partial charge in [0, 0.05) is 34.6 Å². The average Bonchev–Trinajstić information content (AvgIpc) is 3.01. The molecule has 29 heavy (non-hydrogen) atoms. The van der Waals surface area contributed by atoms with Crippen LogP contribution in [0.4, 0.5) is 23.7 Å². The van der Waals surface area contributed by atoms with E-state index in [4.69, 9.17) is 16.3 Å². The fraction of sp³-hybridized carbons (Fsp3) is 0.263. The number of carbonyl (C=O) groups excluding carboxylic acids is 1. The summed E-state index contributed by atoms with van der Waals surface area (Å²) in [5.74, 6) is 0.451. The number of hydrogen-bond donors (Lipinski definition) is 2. The van der Waals surface area contributed by atoms with Crippen LogP contribution in [0.3, 0.4) is 0 Å². The first-order chi connectivity index (χ1) is 13.6. The van der Waals surface area contributed by atoms with Crippen LogP contribution in [0, 0.1) is 0 Å². The Morgan fingerprint density at radius 3 is 2.72 bits per heavy atom. The van der Waals surface area contributed by atoms with Crippen LogP contribution in [0.15, 0.2) is 42.7 Å². The van der Waals surface area contributed by atoms with Gasteiger partial charge in [0.05, 0.1) is 18.0 Å². The standard InChI is InChI=1S/C19H18ClF3N4O2/c1-11(2)29-15-6-12(16-9-24-17-7-13(20)3-4-27(16)17)5-14(8-15)26-18(28)25-10-19(21,22)23/h3-9,11H,10H2,1-2H3,(H2,25,26,28). The molecule has 3 aromatic rings. The number of rotatable bonds is 5. The molecule has 1 aromatic carbocycles. The molecule has 0 atom stereocenters. The molecule has 0 fully saturated rings. The zero-order valence-corrected chi connectivity index (χ0v) is 16.3. The molecule has 2 heterocycles. The fourth-order valence-electron chi connectivity index (χ4n) is 2.68. The number of aromatic nitrogens is 2. The Morgan fingerprint density at radius 1 is 1.28 bits per heavy atom. The third-order valence-corrected chi connectivity index (χ3v) is 3.99. The summed E-state index contributed by atoms with van der Waals surface area (Å²) < 4.78 is 44.4. The highest BCUT2D eigenvalue weighted by Crippen LogP contribution is 2.30. The minimum atomic E-state index is -4.50. The summed E-state index contributed by atoms with van der Waals surface area (Å²) in [7, 11) is 0. The number of urea groups is 1. The zero-order chi connectivity index (χ0) is 21.2. The van der Waals surface area contributed by atoms with Gasteiger partial charge in [-0.3, -0.25) is 4.40 Å². The van der Waals surface area contributed by atoms with Crippen molar-refractivity contribution in [2.45, 2.75) is 26.1 Å². The number of pyridine rings is 1. The largest absolute Gasteiger partial charge is 0.491 e. The number of imidazole rings is 1. The number of hydrogen-bond acceptors (Lipinski definition) is 3. The van der Waals surface area contributed by atoms with E-state index < -0.39 is 18.8 Å². The normalized spacial score (nSPS) is 11.7. The molecule has 0 aliphatic heterocycles. The van der Waals surface area contributed by atoms with Crippen molar-refractivity contribution < 1.29 is 22.7 Å². The number of carbonyl (C=O) groups is 1. The van der Waals surface area contributed by atoms with Gasteiger partial charge in [-0.1, -0.05) is 11.6 Å². The summed E-state index contributed by atoms with van der Waals surface area (Å²) in [5.41, 5.74) is 2.26. The molecular formula is C19H18ClF3N4O2. The lowest BCUT2D eigenvalue weighted by atomic mass is 10.1. The summed E-state index contributed by atoms with van der Waals surface area (Å²) in [5, 5.41) is 4.72. The van der Waals surface area contributed by atoms with Crippen molar-refractivity contribution in [2.24, 2.45) is 0 Å². The Hall–Kier alpha value is -2.94. The van der Waals surface area contributed by atoms with Crippen LogP contribution in [0.2, 0.25) is 5.02 Å². The molecular weight excluding hydrogens is 409 g/mol. The lowest BCUT2D eigenvalue weighted by Gasteiger charge is -2.15. The molecule has 0 aliphatic rings. The van der Waals surface area contributed by atoms with Crippen LogP contribution >= 0.6 is 11.6 Å². The van der Waals surface area contributed by atoms with Crippen molar-refractivity contribution in [3.8, 4) is 17.0 Å². The molecule has 0 aliphatic carbocycles. The molecule has 0 radical (unpaired) electrons. The van der Waals surface area contributed by atoms with E-state index in [9.17, 15) is 18.0 Å². The van der Waals surface area contributed by atoms with Crippen LogP contribution in [0.25, 0.3) is 16.9 Å². The molecule has 10 heteroatoms. The average molecular weight is 427 g/mol. The predicted octanol–water partition coefficient (Wildman–Crippen LogP) is 5.13. The summed E-state index contributed by atoms with van der Waals surface area (Å²) in [6, 6.07) is 7.35. The van der Waals surface area contributed by atoms with E-state index in [0.717, 1.165) is 0 Å². The Morgan fingerprint density at radius 2 is 2.03 bits per heavy atom. The van der Waals surface area contributed by atoms with Gasteiger partial charge in [0.2, 0.25) is 0 Å². The minimum Gasteiger partial charge on any atom is -0.491 e. The number of alkyl halides is 3. The summed E-state index contributed by atoms with van der Waals surface area (Å²) in [6.07, 6.45) is -1.26. The maximum Gasteiger partial charge on any atom is 0.405 e. The number of anilines is 1. The van der Waals surface area contributed by atoms with Gasteiger partial charge in [-0.2, -0.15) is 13.2 Å². The first kappa shape index (κ1) is 20.8. The van der Waals surface area contributed by atoms with E-state index in [1.54, 1.807) is 46.4 Å². The summed E-state index contributed by atoms with van der Waals surface area (Å²) >= 11 is 5.99. The van der Waals surface area contributed by atoms with Gasteiger partial charge >= 0.3 is 12.2 Å². The van der Waals surface area contributed by atoms with E-state index >= 15 is 0 Å². The zero-order valence-electron chi connectivity index (χ0n) is 15.5. The highest BCUT2D eigenvalue weighted by molar-refractivity contribution is 6.30. The minimum absolute atomic E-state index is 0.141. The van der Waals surface area contributed by atoms with Gasteiger partial charge < -0.3 is 15.4 Å². The van der Waals surface area contributed by atoms with Gasteiger partial charge in [-0.25, -0.2) is 9.78 Å². The Kier molecular flexibility index (Phi) is 5.88. The molecule has 2 N–H and O–H groups in total. The second-order valence-corrected chi connectivity index (χ2v) is 6.99. The molecule has 0 saturated heterocycles. The van der Waals surface area contributed by atoms with Gasteiger partial charge in [0.15, 0.2) is 0 Å². The molecule has 3 rings (SSSR count). The Labute approximate surface area is 169 Å². The lowest BCUT2D eigenvalue weighted by molar-refractivity contribution is -0.122. The monoisotopic (exact) mass is 426 g/mol. The van der Waals surface area contributed by atoms with Crippen LogP contribution in [0.1, 0.15) is 13.8 Å². The highest BCUT2D eigenvalue weighted by atomic mass is 35.5. The number of nitrogens with one attached hydrogen (secondary N) is 2. The molecule has 0 unspecified atom stereocenters. The predicted molar refractivity (Wildman–Crippen MR) is 104 cm³/mol. The SMILES string of the molecule is CC(C)Oc1cc(NC(=O)NCC(F)(F)F)cc(-c2cnc3cc(Cl)ccn23)c1. The molecule has 0 saturated carbocycles. The van der Waals surface area contributed by atoms with Crippen molar-refractivity contribution in [2.75, 3.05) is 11.9 Å². The molecule has 0 spiro atoms. The quantitative estimate of drug-likeness (QED) is 0.594. The number of fused-ring (bicyclic) bond motifs is 1. The lowest BCUT2D eigenvalue weighted by Crippen LogP contribution is -2.36. The van der Waals surface area contributed by atoms with Crippen molar-refractivity contribution in [3.63, 3.8) is 0 Å². The van der Waals surface area contributed by atoms with Gasteiger partial charge in [0.1, 0.15) is 17.9 Å². The topological polar surface area (TPSA) is 67.7 Å². The van der Waals surface area contributed by atoms with E-state index in [1.165, 1.54) is 6.07 Å².